The molecule has 13 heavy (non-hydrogen) atoms. The molecule has 0 amide bonds. The van der Waals surface area contributed by atoms with E-state index in [2.05, 4.69) is 9.97 Å². The van der Waals surface area contributed by atoms with E-state index in [1.807, 2.05) is 12.3 Å². The van der Waals surface area contributed by atoms with Crippen molar-refractivity contribution in [3.05, 3.63) is 24.0 Å². The van der Waals surface area contributed by atoms with Crippen LogP contribution in [0.4, 0.5) is 0 Å². The molecule has 4 nitrogen and oxygen atoms in total. The molecular weight excluding hydrogens is 168 g/mol. The van der Waals surface area contributed by atoms with E-state index < -0.39 is 0 Å². The predicted octanol–water partition coefficient (Wildman–Crippen LogP) is 1.67. The van der Waals surface area contributed by atoms with Crippen molar-refractivity contribution in [3.8, 4) is 0 Å². The summed E-state index contributed by atoms with van der Waals surface area (Å²) in [7, 11) is 0. The van der Waals surface area contributed by atoms with Gasteiger partial charge in [0.2, 0.25) is 0 Å². The average Bonchev–Trinajstić information content (AvgIpc) is 2.61. The van der Waals surface area contributed by atoms with Gasteiger partial charge in [0.1, 0.15) is 11.3 Å². The third-order valence-corrected chi connectivity index (χ3v) is 1.83. The first-order valence-corrected chi connectivity index (χ1v) is 4.14. The van der Waals surface area contributed by atoms with Gasteiger partial charge in [0.05, 0.1) is 6.61 Å². The van der Waals surface area contributed by atoms with E-state index in [0.717, 1.165) is 11.0 Å². The average molecular weight is 178 g/mol. The Labute approximate surface area is 74.9 Å². The molecule has 0 bridgehead atoms. The molecule has 0 aliphatic heterocycles. The molecule has 68 valence electrons. The summed E-state index contributed by atoms with van der Waals surface area (Å²) in [6.07, 6.45) is 1.82. The second kappa shape index (κ2) is 2.97. The monoisotopic (exact) mass is 178 g/mol. The standard InChI is InChI=1S/C9H10N2O2/c1-2-13-9(12)7-5-6-3-4-10-8(6)11-7/h3-5,10-11H,2H2,1H3. The van der Waals surface area contributed by atoms with Gasteiger partial charge in [-0.15, -0.1) is 0 Å². The first-order valence-electron chi connectivity index (χ1n) is 4.14. The molecule has 0 saturated heterocycles. The van der Waals surface area contributed by atoms with Crippen LogP contribution < -0.4 is 0 Å². The van der Waals surface area contributed by atoms with Crippen LogP contribution in [0.15, 0.2) is 18.3 Å². The third-order valence-electron chi connectivity index (χ3n) is 1.83. The number of ether oxygens (including phenoxy) is 1. The molecule has 0 spiro atoms. The van der Waals surface area contributed by atoms with Crippen molar-refractivity contribution in [2.24, 2.45) is 0 Å². The maximum atomic E-state index is 11.2. The summed E-state index contributed by atoms with van der Waals surface area (Å²) in [4.78, 5) is 17.1. The van der Waals surface area contributed by atoms with Crippen molar-refractivity contribution in [2.45, 2.75) is 6.92 Å². The fourth-order valence-electron chi connectivity index (χ4n) is 1.26. The lowest BCUT2D eigenvalue weighted by atomic mass is 10.3. The molecule has 0 aromatic carbocycles. The zero-order chi connectivity index (χ0) is 9.26. The molecule has 0 atom stereocenters. The number of carbonyl (C=O) groups is 1. The van der Waals surface area contributed by atoms with E-state index in [4.69, 9.17) is 4.74 Å². The normalized spacial score (nSPS) is 10.5. The van der Waals surface area contributed by atoms with E-state index in [1.165, 1.54) is 0 Å². The van der Waals surface area contributed by atoms with Crippen molar-refractivity contribution < 1.29 is 9.53 Å². The van der Waals surface area contributed by atoms with Crippen molar-refractivity contribution in [2.75, 3.05) is 6.61 Å². The maximum absolute atomic E-state index is 11.2. The van der Waals surface area contributed by atoms with Crippen LogP contribution in [0.5, 0.6) is 0 Å². The van der Waals surface area contributed by atoms with Crippen LogP contribution in [0.1, 0.15) is 17.4 Å². The summed E-state index contributed by atoms with van der Waals surface area (Å²) < 4.78 is 4.84. The van der Waals surface area contributed by atoms with Gasteiger partial charge in [0.25, 0.3) is 0 Å². The predicted molar refractivity (Wildman–Crippen MR) is 48.6 cm³/mol. The lowest BCUT2D eigenvalue weighted by Crippen LogP contribution is -2.04. The minimum Gasteiger partial charge on any atom is -0.461 e. The third kappa shape index (κ3) is 1.30. The number of aromatic nitrogens is 2. The smallest absolute Gasteiger partial charge is 0.354 e. The molecular formula is C9H10N2O2. The molecule has 2 aromatic heterocycles. The zero-order valence-electron chi connectivity index (χ0n) is 7.26. The largest absolute Gasteiger partial charge is 0.461 e. The number of H-pyrrole nitrogens is 2. The zero-order valence-corrected chi connectivity index (χ0v) is 7.26. The molecule has 4 heteroatoms. The summed E-state index contributed by atoms with van der Waals surface area (Å²) in [6.45, 7) is 2.18. The molecule has 0 radical (unpaired) electrons. The Morgan fingerprint density at radius 3 is 3.15 bits per heavy atom. The van der Waals surface area contributed by atoms with Gasteiger partial charge >= 0.3 is 5.97 Å². The molecule has 2 rings (SSSR count). The van der Waals surface area contributed by atoms with E-state index in [1.54, 1.807) is 13.0 Å². The molecule has 0 unspecified atom stereocenters. The number of hydrogen-bond donors (Lipinski definition) is 2. The number of esters is 1. The Kier molecular flexibility index (Phi) is 1.81. The Hall–Kier alpha value is -1.71. The highest BCUT2D eigenvalue weighted by Crippen LogP contribution is 2.13. The number of hydrogen-bond acceptors (Lipinski definition) is 2. The van der Waals surface area contributed by atoms with Gasteiger partial charge in [0.15, 0.2) is 0 Å². The number of carbonyl (C=O) groups excluding carboxylic acids is 1. The minimum atomic E-state index is -0.313. The Morgan fingerprint density at radius 1 is 1.62 bits per heavy atom. The maximum Gasteiger partial charge on any atom is 0.354 e. The van der Waals surface area contributed by atoms with Crippen LogP contribution in [-0.4, -0.2) is 22.5 Å². The highest BCUT2D eigenvalue weighted by molar-refractivity contribution is 5.93. The number of rotatable bonds is 2. The first kappa shape index (κ1) is 7.91. The highest BCUT2D eigenvalue weighted by Gasteiger charge is 2.09. The lowest BCUT2D eigenvalue weighted by molar-refractivity contribution is 0.0520. The highest BCUT2D eigenvalue weighted by atomic mass is 16.5. The molecule has 0 aliphatic rings. The van der Waals surface area contributed by atoms with Gasteiger partial charge in [-0.1, -0.05) is 0 Å². The number of fused-ring (bicyclic) bond motifs is 1. The quantitative estimate of drug-likeness (QED) is 0.687. The Balaban J connectivity index is 2.34. The molecule has 2 heterocycles. The van der Waals surface area contributed by atoms with E-state index in [0.29, 0.717) is 12.3 Å². The molecule has 2 aromatic rings. The van der Waals surface area contributed by atoms with Gasteiger partial charge in [-0.25, -0.2) is 4.79 Å². The molecule has 0 saturated carbocycles. The summed E-state index contributed by atoms with van der Waals surface area (Å²) in [5, 5.41) is 0.989. The topological polar surface area (TPSA) is 57.9 Å². The van der Waals surface area contributed by atoms with Gasteiger partial charge < -0.3 is 14.7 Å². The molecule has 0 aliphatic carbocycles. The van der Waals surface area contributed by atoms with Crippen molar-refractivity contribution in [1.82, 2.24) is 9.97 Å². The van der Waals surface area contributed by atoms with Gasteiger partial charge in [0, 0.05) is 11.6 Å². The van der Waals surface area contributed by atoms with Gasteiger partial charge in [-0.05, 0) is 19.1 Å². The fraction of sp³-hybridized carbons (Fsp3) is 0.222. The van der Waals surface area contributed by atoms with Crippen LogP contribution in [0, 0.1) is 0 Å². The van der Waals surface area contributed by atoms with Crippen LogP contribution in [0.2, 0.25) is 0 Å². The van der Waals surface area contributed by atoms with Crippen LogP contribution in [0.3, 0.4) is 0 Å². The van der Waals surface area contributed by atoms with E-state index >= 15 is 0 Å². The van der Waals surface area contributed by atoms with Gasteiger partial charge in [-0.3, -0.25) is 0 Å². The van der Waals surface area contributed by atoms with Crippen LogP contribution >= 0.6 is 0 Å². The van der Waals surface area contributed by atoms with Crippen LogP contribution in [0.25, 0.3) is 11.0 Å². The SMILES string of the molecule is CCOC(=O)c1cc2cc[nH]c2[nH]1. The fourth-order valence-corrected chi connectivity index (χ4v) is 1.26. The summed E-state index contributed by atoms with van der Waals surface area (Å²) in [5.41, 5.74) is 1.34. The summed E-state index contributed by atoms with van der Waals surface area (Å²) in [5.74, 6) is -0.313. The second-order valence-corrected chi connectivity index (χ2v) is 2.71. The molecule has 2 N–H and O–H groups in total. The van der Waals surface area contributed by atoms with Crippen molar-refractivity contribution in [3.63, 3.8) is 0 Å². The minimum absolute atomic E-state index is 0.313. The summed E-state index contributed by atoms with van der Waals surface area (Å²) in [6, 6.07) is 3.67. The molecule has 0 fully saturated rings. The summed E-state index contributed by atoms with van der Waals surface area (Å²) >= 11 is 0. The Bertz CT molecular complexity index is 399. The van der Waals surface area contributed by atoms with Crippen LogP contribution in [-0.2, 0) is 4.74 Å². The number of aromatic amines is 2. The van der Waals surface area contributed by atoms with Crippen molar-refractivity contribution >= 4 is 17.0 Å². The first-order chi connectivity index (χ1) is 6.31. The number of nitrogens with one attached hydrogen (secondary N) is 2. The van der Waals surface area contributed by atoms with Crippen molar-refractivity contribution in [1.29, 1.82) is 0 Å². The van der Waals surface area contributed by atoms with E-state index in [9.17, 15) is 4.79 Å². The Morgan fingerprint density at radius 2 is 2.46 bits per heavy atom. The van der Waals surface area contributed by atoms with Gasteiger partial charge in [-0.2, -0.15) is 0 Å². The van der Waals surface area contributed by atoms with E-state index in [-0.39, 0.29) is 5.97 Å². The lowest BCUT2D eigenvalue weighted by Gasteiger charge is -1.96. The second-order valence-electron chi connectivity index (χ2n) is 2.71.